The van der Waals surface area contributed by atoms with Gasteiger partial charge < -0.3 is 5.32 Å². The minimum absolute atomic E-state index is 0.0121. The van der Waals surface area contributed by atoms with E-state index in [1.165, 1.54) is 70.3 Å². The number of benzene rings is 4. The molecule has 2 aliphatic carbocycles. The summed E-state index contributed by atoms with van der Waals surface area (Å²) in [5, 5.41) is 3.78. The normalized spacial score (nSPS) is 16.4. The van der Waals surface area contributed by atoms with Crippen LogP contribution in [0.15, 0.2) is 91.0 Å². The Balaban J connectivity index is 1.39. The maximum absolute atomic E-state index is 3.78. The maximum Gasteiger partial charge on any atom is 0.0464 e. The molecular weight excluding hydrogens is 398 g/mol. The predicted octanol–water partition coefficient (Wildman–Crippen LogP) is 9.06. The van der Waals surface area contributed by atoms with E-state index in [-0.39, 0.29) is 5.41 Å². The van der Waals surface area contributed by atoms with Gasteiger partial charge in [-0.25, -0.2) is 0 Å². The minimum atomic E-state index is 0.0121. The summed E-state index contributed by atoms with van der Waals surface area (Å²) in [6.07, 6.45) is 5.33. The summed E-state index contributed by atoms with van der Waals surface area (Å²) in [4.78, 5) is 0. The largest absolute Gasteiger partial charge is 0.355 e. The van der Waals surface area contributed by atoms with Crippen molar-refractivity contribution in [2.45, 2.75) is 50.9 Å². The molecule has 0 unspecified atom stereocenters. The highest BCUT2D eigenvalue weighted by Crippen LogP contribution is 2.49. The number of hydrogen-bond acceptors (Lipinski definition) is 1. The Labute approximate surface area is 197 Å². The molecule has 2 aliphatic rings. The Morgan fingerprint density at radius 3 is 2.09 bits per heavy atom. The highest BCUT2D eigenvalue weighted by molar-refractivity contribution is 5.86. The first-order valence-corrected chi connectivity index (χ1v) is 12.3. The quantitative estimate of drug-likeness (QED) is 0.341. The van der Waals surface area contributed by atoms with Crippen LogP contribution in [0.2, 0.25) is 0 Å². The van der Waals surface area contributed by atoms with Crippen LogP contribution < -0.4 is 5.32 Å². The molecule has 1 fully saturated rings. The lowest BCUT2D eigenvalue weighted by atomic mass is 9.82. The zero-order valence-electron chi connectivity index (χ0n) is 19.6. The molecule has 0 aliphatic heterocycles. The molecule has 0 heterocycles. The van der Waals surface area contributed by atoms with Crippen LogP contribution in [-0.2, 0) is 5.41 Å². The zero-order chi connectivity index (χ0) is 22.4. The van der Waals surface area contributed by atoms with Crippen molar-refractivity contribution in [3.63, 3.8) is 0 Å². The van der Waals surface area contributed by atoms with Gasteiger partial charge in [0.15, 0.2) is 0 Å². The van der Waals surface area contributed by atoms with Gasteiger partial charge >= 0.3 is 0 Å². The third-order valence-electron chi connectivity index (χ3n) is 7.84. The van der Waals surface area contributed by atoms with E-state index in [0.29, 0.717) is 5.92 Å². The zero-order valence-corrected chi connectivity index (χ0v) is 19.6. The monoisotopic (exact) mass is 429 g/mol. The molecule has 1 nitrogen and oxygen atoms in total. The highest BCUT2D eigenvalue weighted by atomic mass is 14.9. The van der Waals surface area contributed by atoms with Crippen molar-refractivity contribution in [3.8, 4) is 22.3 Å². The highest BCUT2D eigenvalue weighted by Gasteiger charge is 2.35. The molecule has 1 heteroatoms. The second kappa shape index (κ2) is 7.92. The SMILES string of the molecule is CC1(C)c2ccccc2-c2ccc(Nc3ccccc3-c3ccccc3C3CCCC3)cc21. The molecule has 0 radical (unpaired) electrons. The molecule has 0 bridgehead atoms. The Kier molecular flexibility index (Phi) is 4.87. The summed E-state index contributed by atoms with van der Waals surface area (Å²) in [5.74, 6) is 0.688. The minimum Gasteiger partial charge on any atom is -0.355 e. The Hall–Kier alpha value is -3.32. The van der Waals surface area contributed by atoms with E-state index < -0.39 is 0 Å². The van der Waals surface area contributed by atoms with E-state index in [1.54, 1.807) is 0 Å². The van der Waals surface area contributed by atoms with Crippen molar-refractivity contribution >= 4 is 11.4 Å². The van der Waals surface area contributed by atoms with Crippen LogP contribution in [0.25, 0.3) is 22.3 Å². The van der Waals surface area contributed by atoms with E-state index >= 15 is 0 Å². The number of anilines is 2. The summed E-state index contributed by atoms with van der Waals surface area (Å²) < 4.78 is 0. The van der Waals surface area contributed by atoms with Gasteiger partial charge in [0.1, 0.15) is 0 Å². The van der Waals surface area contributed by atoms with Gasteiger partial charge in [-0.3, -0.25) is 0 Å². The molecule has 0 spiro atoms. The van der Waals surface area contributed by atoms with Crippen LogP contribution in [0.3, 0.4) is 0 Å². The Bertz CT molecular complexity index is 1320. The fraction of sp³-hybridized carbons (Fsp3) is 0.250. The summed E-state index contributed by atoms with van der Waals surface area (Å²) in [5.41, 5.74) is 12.1. The number of hydrogen-bond donors (Lipinski definition) is 1. The molecule has 4 aromatic rings. The van der Waals surface area contributed by atoms with Gasteiger partial charge in [0.05, 0.1) is 0 Å². The molecular formula is C32H31N. The molecule has 1 N–H and O–H groups in total. The maximum atomic E-state index is 3.78. The molecule has 6 rings (SSSR count). The molecule has 0 amide bonds. The Morgan fingerprint density at radius 2 is 1.27 bits per heavy atom. The predicted molar refractivity (Wildman–Crippen MR) is 140 cm³/mol. The average molecular weight is 430 g/mol. The van der Waals surface area contributed by atoms with E-state index in [9.17, 15) is 0 Å². The third kappa shape index (κ3) is 3.38. The first-order chi connectivity index (χ1) is 16.1. The van der Waals surface area contributed by atoms with Crippen LogP contribution in [0.5, 0.6) is 0 Å². The van der Waals surface area contributed by atoms with Gasteiger partial charge in [0, 0.05) is 22.4 Å². The fourth-order valence-electron chi connectivity index (χ4n) is 6.10. The van der Waals surface area contributed by atoms with Gasteiger partial charge in [0.2, 0.25) is 0 Å². The number of fused-ring (bicyclic) bond motifs is 3. The Morgan fingerprint density at radius 1 is 0.636 bits per heavy atom. The van der Waals surface area contributed by atoms with Gasteiger partial charge in [0.25, 0.3) is 0 Å². The van der Waals surface area contributed by atoms with E-state index in [1.807, 2.05) is 0 Å². The smallest absolute Gasteiger partial charge is 0.0464 e. The van der Waals surface area contributed by atoms with Crippen molar-refractivity contribution in [1.82, 2.24) is 0 Å². The lowest BCUT2D eigenvalue weighted by Crippen LogP contribution is -2.15. The van der Waals surface area contributed by atoms with Crippen molar-refractivity contribution in [2.24, 2.45) is 0 Å². The summed E-state index contributed by atoms with van der Waals surface area (Å²) >= 11 is 0. The van der Waals surface area contributed by atoms with E-state index in [4.69, 9.17) is 0 Å². The summed E-state index contributed by atoms with van der Waals surface area (Å²) in [7, 11) is 0. The third-order valence-corrected chi connectivity index (χ3v) is 7.84. The topological polar surface area (TPSA) is 12.0 Å². The second-order valence-corrected chi connectivity index (χ2v) is 10.2. The molecule has 1 saturated carbocycles. The summed E-state index contributed by atoms with van der Waals surface area (Å²) in [6.45, 7) is 4.68. The van der Waals surface area contributed by atoms with Gasteiger partial charge in [-0.1, -0.05) is 99.5 Å². The molecule has 164 valence electrons. The standard InChI is InChI=1S/C32H31N/c1-32(2)29-17-9-7-15-26(29)27-20-19-23(21-30(27)32)33-31-18-10-8-16-28(31)25-14-6-5-13-24(25)22-11-3-4-12-22/h5-10,13-22,33H,3-4,11-12H2,1-2H3. The van der Waals surface area contributed by atoms with Gasteiger partial charge in [-0.15, -0.1) is 0 Å². The lowest BCUT2D eigenvalue weighted by molar-refractivity contribution is 0.660. The number of nitrogens with one attached hydrogen (secondary N) is 1. The van der Waals surface area contributed by atoms with Crippen LogP contribution >= 0.6 is 0 Å². The summed E-state index contributed by atoms with van der Waals surface area (Å²) in [6, 6.07) is 33.5. The molecule has 0 aromatic heterocycles. The number of rotatable bonds is 4. The number of para-hydroxylation sites is 1. The lowest BCUT2D eigenvalue weighted by Gasteiger charge is -2.22. The van der Waals surface area contributed by atoms with Gasteiger partial charge in [-0.05, 0) is 70.3 Å². The van der Waals surface area contributed by atoms with Crippen LogP contribution in [0, 0.1) is 0 Å². The average Bonchev–Trinajstić information content (AvgIpc) is 3.46. The molecule has 33 heavy (non-hydrogen) atoms. The van der Waals surface area contributed by atoms with Crippen LogP contribution in [0.4, 0.5) is 11.4 Å². The van der Waals surface area contributed by atoms with Crippen LogP contribution in [-0.4, -0.2) is 0 Å². The van der Waals surface area contributed by atoms with Crippen LogP contribution in [0.1, 0.15) is 62.1 Å². The first kappa shape index (κ1) is 20.3. The fourth-order valence-corrected chi connectivity index (χ4v) is 6.10. The first-order valence-electron chi connectivity index (χ1n) is 12.3. The second-order valence-electron chi connectivity index (χ2n) is 10.2. The van der Waals surface area contributed by atoms with Gasteiger partial charge in [-0.2, -0.15) is 0 Å². The molecule has 0 saturated heterocycles. The van der Waals surface area contributed by atoms with E-state index in [2.05, 4.69) is 110 Å². The van der Waals surface area contributed by atoms with E-state index in [0.717, 1.165) is 5.69 Å². The van der Waals surface area contributed by atoms with Crippen molar-refractivity contribution in [2.75, 3.05) is 5.32 Å². The molecule has 4 aromatic carbocycles. The van der Waals surface area contributed by atoms with Crippen molar-refractivity contribution in [1.29, 1.82) is 0 Å². The molecule has 0 atom stereocenters. The van der Waals surface area contributed by atoms with Crippen molar-refractivity contribution < 1.29 is 0 Å². The van der Waals surface area contributed by atoms with Crippen molar-refractivity contribution in [3.05, 3.63) is 108 Å².